The van der Waals surface area contributed by atoms with Crippen LogP contribution in [0, 0.1) is 11.7 Å². The molecule has 1 heterocycles. The molecule has 0 atom stereocenters. The van der Waals surface area contributed by atoms with Crippen LogP contribution in [0.1, 0.15) is 16.7 Å². The number of aryl methyl sites for hydroxylation is 1. The van der Waals surface area contributed by atoms with E-state index in [4.69, 9.17) is 21.7 Å². The van der Waals surface area contributed by atoms with Crippen molar-refractivity contribution in [2.45, 2.75) is 20.1 Å². The van der Waals surface area contributed by atoms with Crippen LogP contribution in [-0.4, -0.2) is 22.0 Å². The summed E-state index contributed by atoms with van der Waals surface area (Å²) in [7, 11) is 1.63. The monoisotopic (exact) mass is 434 g/mol. The van der Waals surface area contributed by atoms with E-state index in [-0.39, 0.29) is 0 Å². The number of aromatic amines is 1. The van der Waals surface area contributed by atoms with Crippen LogP contribution in [0.5, 0.6) is 11.5 Å². The van der Waals surface area contributed by atoms with Crippen LogP contribution in [0.4, 0.5) is 0 Å². The molecule has 3 rings (SSSR count). The van der Waals surface area contributed by atoms with E-state index < -0.39 is 0 Å². The zero-order chi connectivity index (χ0) is 18.5. The highest BCUT2D eigenvalue weighted by Gasteiger charge is 2.11. The molecular formula is C18H19BrN4O2S. The van der Waals surface area contributed by atoms with E-state index in [9.17, 15) is 0 Å². The molecule has 1 aromatic heterocycles. The van der Waals surface area contributed by atoms with Crippen molar-refractivity contribution in [3.8, 4) is 11.5 Å². The third-order valence-corrected chi connectivity index (χ3v) is 5.00. The Morgan fingerprint density at radius 2 is 2.04 bits per heavy atom. The molecule has 0 aliphatic rings. The zero-order valence-corrected chi connectivity index (χ0v) is 16.9. The average molecular weight is 435 g/mol. The van der Waals surface area contributed by atoms with E-state index >= 15 is 0 Å². The third kappa shape index (κ3) is 4.25. The third-order valence-electron chi connectivity index (χ3n) is 3.97. The Morgan fingerprint density at radius 1 is 1.23 bits per heavy atom. The van der Waals surface area contributed by atoms with Gasteiger partial charge in [0.25, 0.3) is 0 Å². The molecule has 6 nitrogen and oxygen atoms in total. The fraction of sp³-hybridized carbons (Fsp3) is 0.222. The molecule has 8 heteroatoms. The molecule has 0 radical (unpaired) electrons. The molecule has 0 aliphatic carbocycles. The van der Waals surface area contributed by atoms with Crippen LogP contribution in [0.25, 0.3) is 0 Å². The molecule has 26 heavy (non-hydrogen) atoms. The van der Waals surface area contributed by atoms with E-state index in [1.807, 2.05) is 24.3 Å². The standard InChI is InChI=1S/C18H19BrN4O2S/c1-12-5-3-4-6-13(12)10-25-17-8-15(19)14(7-16(17)24-2)9-21-23-11-20-22-18(23)26/h3-8,11,21H,9-10H2,1-2H3,(H,22,26). The molecule has 136 valence electrons. The molecule has 0 unspecified atom stereocenters. The predicted molar refractivity (Wildman–Crippen MR) is 107 cm³/mol. The van der Waals surface area contributed by atoms with Gasteiger partial charge in [0.2, 0.25) is 4.77 Å². The maximum Gasteiger partial charge on any atom is 0.214 e. The molecule has 0 bridgehead atoms. The molecular weight excluding hydrogens is 416 g/mol. The van der Waals surface area contributed by atoms with Gasteiger partial charge in [0, 0.05) is 4.47 Å². The van der Waals surface area contributed by atoms with Gasteiger partial charge in [-0.05, 0) is 48.0 Å². The van der Waals surface area contributed by atoms with Crippen LogP contribution in [0.15, 0.2) is 47.2 Å². The number of hydrogen-bond acceptors (Lipinski definition) is 5. The number of aromatic nitrogens is 3. The second kappa shape index (κ2) is 8.37. The second-order valence-electron chi connectivity index (χ2n) is 5.68. The van der Waals surface area contributed by atoms with Gasteiger partial charge >= 0.3 is 0 Å². The van der Waals surface area contributed by atoms with Gasteiger partial charge < -0.3 is 14.9 Å². The molecule has 0 amide bonds. The number of H-pyrrole nitrogens is 1. The van der Waals surface area contributed by atoms with Crippen LogP contribution in [0.3, 0.4) is 0 Å². The number of hydrogen-bond donors (Lipinski definition) is 2. The van der Waals surface area contributed by atoms with Gasteiger partial charge in [-0.1, -0.05) is 40.2 Å². The number of halogens is 1. The molecule has 2 aromatic carbocycles. The Balaban J connectivity index is 1.75. The number of benzene rings is 2. The number of ether oxygens (including phenoxy) is 2. The van der Waals surface area contributed by atoms with E-state index in [0.717, 1.165) is 15.6 Å². The van der Waals surface area contributed by atoms with Crippen molar-refractivity contribution < 1.29 is 9.47 Å². The van der Waals surface area contributed by atoms with E-state index in [2.05, 4.69) is 50.6 Å². The minimum absolute atomic E-state index is 0.483. The molecule has 2 N–H and O–H groups in total. The van der Waals surface area contributed by atoms with Crippen LogP contribution < -0.4 is 14.9 Å². The van der Waals surface area contributed by atoms with E-state index in [1.165, 1.54) is 5.56 Å². The van der Waals surface area contributed by atoms with Gasteiger partial charge in [0.1, 0.15) is 12.9 Å². The Labute approximate surface area is 165 Å². The zero-order valence-electron chi connectivity index (χ0n) is 14.5. The lowest BCUT2D eigenvalue weighted by Gasteiger charge is -2.15. The Bertz CT molecular complexity index is 954. The maximum atomic E-state index is 5.99. The van der Waals surface area contributed by atoms with Crippen molar-refractivity contribution in [1.29, 1.82) is 0 Å². The first-order valence-electron chi connectivity index (χ1n) is 7.98. The smallest absolute Gasteiger partial charge is 0.214 e. The summed E-state index contributed by atoms with van der Waals surface area (Å²) in [6, 6.07) is 12.0. The highest BCUT2D eigenvalue weighted by Crippen LogP contribution is 2.34. The quantitative estimate of drug-likeness (QED) is 0.541. The van der Waals surface area contributed by atoms with Gasteiger partial charge in [-0.25, -0.2) is 4.68 Å². The highest BCUT2D eigenvalue weighted by molar-refractivity contribution is 9.10. The second-order valence-corrected chi connectivity index (χ2v) is 6.92. The molecule has 0 aliphatic heterocycles. The van der Waals surface area contributed by atoms with Crippen LogP contribution in [0.2, 0.25) is 0 Å². The summed E-state index contributed by atoms with van der Waals surface area (Å²) in [5.41, 5.74) is 6.53. The van der Waals surface area contributed by atoms with Gasteiger partial charge in [-0.2, -0.15) is 5.10 Å². The van der Waals surface area contributed by atoms with E-state index in [0.29, 0.717) is 29.4 Å². The average Bonchev–Trinajstić information content (AvgIpc) is 3.05. The van der Waals surface area contributed by atoms with Gasteiger partial charge in [-0.3, -0.25) is 5.10 Å². The normalized spacial score (nSPS) is 10.6. The minimum Gasteiger partial charge on any atom is -0.493 e. The van der Waals surface area contributed by atoms with Crippen molar-refractivity contribution in [3.63, 3.8) is 0 Å². The Kier molecular flexibility index (Phi) is 5.95. The molecule has 0 spiro atoms. The summed E-state index contributed by atoms with van der Waals surface area (Å²) in [6.07, 6.45) is 1.59. The van der Waals surface area contributed by atoms with Crippen molar-refractivity contribution >= 4 is 28.1 Å². The lowest BCUT2D eigenvalue weighted by Crippen LogP contribution is -2.14. The summed E-state index contributed by atoms with van der Waals surface area (Å²) >= 11 is 8.72. The van der Waals surface area contributed by atoms with Crippen molar-refractivity contribution in [3.05, 3.63) is 68.7 Å². The van der Waals surface area contributed by atoms with Crippen molar-refractivity contribution in [2.75, 3.05) is 12.5 Å². The number of rotatable bonds is 7. The SMILES string of the molecule is COc1cc(CNn2cn[nH]c2=S)c(Br)cc1OCc1ccccc1C. The Hall–Kier alpha value is -2.32. The van der Waals surface area contributed by atoms with Crippen LogP contribution in [-0.2, 0) is 13.2 Å². The fourth-order valence-electron chi connectivity index (χ4n) is 2.44. The first kappa shape index (κ1) is 18.5. The van der Waals surface area contributed by atoms with Gasteiger partial charge in [0.15, 0.2) is 11.5 Å². The lowest BCUT2D eigenvalue weighted by molar-refractivity contribution is 0.283. The van der Waals surface area contributed by atoms with E-state index in [1.54, 1.807) is 18.1 Å². The first-order valence-corrected chi connectivity index (χ1v) is 9.18. The highest BCUT2D eigenvalue weighted by atomic mass is 79.9. The molecule has 0 fully saturated rings. The van der Waals surface area contributed by atoms with Crippen molar-refractivity contribution in [1.82, 2.24) is 14.9 Å². The summed E-state index contributed by atoms with van der Waals surface area (Å²) in [6.45, 7) is 3.10. The largest absolute Gasteiger partial charge is 0.493 e. The number of nitrogens with one attached hydrogen (secondary N) is 2. The topological polar surface area (TPSA) is 64.1 Å². The van der Waals surface area contributed by atoms with Gasteiger partial charge in [0.05, 0.1) is 13.7 Å². The molecule has 3 aromatic rings. The number of methoxy groups -OCH3 is 1. The first-order chi connectivity index (χ1) is 12.6. The molecule has 0 saturated heterocycles. The fourth-order valence-corrected chi connectivity index (χ4v) is 3.07. The molecule has 0 saturated carbocycles. The minimum atomic E-state index is 0.483. The van der Waals surface area contributed by atoms with Crippen LogP contribution >= 0.6 is 28.1 Å². The summed E-state index contributed by atoms with van der Waals surface area (Å²) in [5, 5.41) is 6.58. The summed E-state index contributed by atoms with van der Waals surface area (Å²) < 4.78 is 14.6. The lowest BCUT2D eigenvalue weighted by atomic mass is 10.1. The summed E-state index contributed by atoms with van der Waals surface area (Å²) in [5.74, 6) is 1.36. The van der Waals surface area contributed by atoms with Crippen molar-refractivity contribution in [2.24, 2.45) is 0 Å². The predicted octanol–water partition coefficient (Wildman–Crippen LogP) is 4.34. The maximum absolute atomic E-state index is 5.99. The van der Waals surface area contributed by atoms with Gasteiger partial charge in [-0.15, -0.1) is 0 Å². The Morgan fingerprint density at radius 3 is 2.73 bits per heavy atom. The summed E-state index contributed by atoms with van der Waals surface area (Å²) in [4.78, 5) is 0. The number of nitrogens with zero attached hydrogens (tertiary/aromatic N) is 2.